The van der Waals surface area contributed by atoms with Crippen molar-refractivity contribution >= 4 is 17.3 Å². The molecular formula is C22H27NO3. The molecule has 1 heterocycles. The van der Waals surface area contributed by atoms with E-state index in [4.69, 9.17) is 4.74 Å². The number of allylic oxidation sites excluding steroid dienone is 1. The zero-order valence-electron chi connectivity index (χ0n) is 15.3. The zero-order valence-corrected chi connectivity index (χ0v) is 15.3. The molecule has 2 fully saturated rings. The van der Waals surface area contributed by atoms with Crippen LogP contribution in [-0.2, 0) is 14.3 Å². The summed E-state index contributed by atoms with van der Waals surface area (Å²) >= 11 is 0. The number of carbonyl (C=O) groups is 2. The Morgan fingerprint density at radius 2 is 1.88 bits per heavy atom. The first-order valence-corrected chi connectivity index (χ1v) is 9.89. The van der Waals surface area contributed by atoms with Crippen molar-refractivity contribution in [1.29, 1.82) is 0 Å². The molecule has 2 aliphatic carbocycles. The van der Waals surface area contributed by atoms with Crippen LogP contribution in [0.25, 0.3) is 5.57 Å². The quantitative estimate of drug-likeness (QED) is 0.896. The van der Waals surface area contributed by atoms with Gasteiger partial charge in [-0.2, -0.15) is 0 Å². The first-order chi connectivity index (χ1) is 12.7. The van der Waals surface area contributed by atoms with Crippen LogP contribution in [0.4, 0.5) is 0 Å². The Balaban J connectivity index is 1.40. The van der Waals surface area contributed by atoms with Crippen molar-refractivity contribution in [2.24, 2.45) is 0 Å². The van der Waals surface area contributed by atoms with E-state index in [-0.39, 0.29) is 29.8 Å². The average Bonchev–Trinajstić information content (AvgIpc) is 3.20. The summed E-state index contributed by atoms with van der Waals surface area (Å²) in [4.78, 5) is 24.9. The van der Waals surface area contributed by atoms with E-state index < -0.39 is 0 Å². The maximum absolute atomic E-state index is 12.6. The molecule has 1 aromatic carbocycles. The molecule has 1 amide bonds. The number of ether oxygens (including phenoxy) is 1. The summed E-state index contributed by atoms with van der Waals surface area (Å²) < 4.78 is 6.08. The highest BCUT2D eigenvalue weighted by Crippen LogP contribution is 2.39. The molecule has 1 saturated carbocycles. The minimum atomic E-state index is -0.0508. The molecular weight excluding hydrogens is 326 g/mol. The van der Waals surface area contributed by atoms with Crippen molar-refractivity contribution in [1.82, 2.24) is 5.32 Å². The van der Waals surface area contributed by atoms with Gasteiger partial charge in [0.2, 0.25) is 5.91 Å². The van der Waals surface area contributed by atoms with Gasteiger partial charge in [-0.15, -0.1) is 0 Å². The van der Waals surface area contributed by atoms with Crippen LogP contribution in [0, 0.1) is 0 Å². The van der Waals surface area contributed by atoms with Crippen molar-refractivity contribution in [3.8, 4) is 0 Å². The minimum Gasteiger partial charge on any atom is -0.373 e. The highest BCUT2D eigenvalue weighted by Gasteiger charge is 2.41. The SMILES string of the molecule is O=C(CC1=C(c2ccccc2)CCC1=O)NC1COC2(CCCCC2)C1. The Hall–Kier alpha value is -1.94. The lowest BCUT2D eigenvalue weighted by molar-refractivity contribution is -0.123. The molecule has 1 atom stereocenters. The predicted molar refractivity (Wildman–Crippen MR) is 101 cm³/mol. The van der Waals surface area contributed by atoms with Crippen LogP contribution < -0.4 is 5.32 Å². The molecule has 3 aliphatic rings. The number of nitrogens with one attached hydrogen (secondary N) is 1. The molecule has 138 valence electrons. The first-order valence-electron chi connectivity index (χ1n) is 9.89. The van der Waals surface area contributed by atoms with E-state index in [9.17, 15) is 9.59 Å². The van der Waals surface area contributed by atoms with E-state index in [2.05, 4.69) is 5.32 Å². The highest BCUT2D eigenvalue weighted by molar-refractivity contribution is 6.10. The van der Waals surface area contributed by atoms with Gasteiger partial charge in [-0.3, -0.25) is 9.59 Å². The molecule has 4 heteroatoms. The standard InChI is InChI=1S/C22H27NO3/c24-20-10-9-18(16-7-3-1-4-8-16)19(20)13-21(25)23-17-14-22(26-15-17)11-5-2-6-12-22/h1,3-4,7-8,17H,2,5-6,9-15H2,(H,23,25). The minimum absolute atomic E-state index is 0.00611. The smallest absolute Gasteiger partial charge is 0.224 e. The second-order valence-corrected chi connectivity index (χ2v) is 7.95. The molecule has 1 aliphatic heterocycles. The lowest BCUT2D eigenvalue weighted by Gasteiger charge is -2.32. The maximum atomic E-state index is 12.6. The average molecular weight is 353 g/mol. The van der Waals surface area contributed by atoms with Crippen LogP contribution in [0.3, 0.4) is 0 Å². The molecule has 4 rings (SSSR count). The molecule has 1 N–H and O–H groups in total. The van der Waals surface area contributed by atoms with Gasteiger partial charge in [-0.05, 0) is 36.8 Å². The van der Waals surface area contributed by atoms with Crippen LogP contribution in [0.5, 0.6) is 0 Å². The van der Waals surface area contributed by atoms with Gasteiger partial charge in [0.1, 0.15) is 0 Å². The van der Waals surface area contributed by atoms with E-state index in [0.717, 1.165) is 36.8 Å². The molecule has 1 saturated heterocycles. The third-order valence-corrected chi connectivity index (χ3v) is 6.10. The summed E-state index contributed by atoms with van der Waals surface area (Å²) in [5, 5.41) is 3.12. The Kier molecular flexibility index (Phi) is 4.94. The molecule has 0 bridgehead atoms. The maximum Gasteiger partial charge on any atom is 0.224 e. The molecule has 0 radical (unpaired) electrons. The molecule has 1 unspecified atom stereocenters. The van der Waals surface area contributed by atoms with Crippen LogP contribution in [0.2, 0.25) is 0 Å². The second-order valence-electron chi connectivity index (χ2n) is 7.95. The Morgan fingerprint density at radius 3 is 2.65 bits per heavy atom. The summed E-state index contributed by atoms with van der Waals surface area (Å²) in [5.74, 6) is 0.0653. The van der Waals surface area contributed by atoms with E-state index in [1.807, 2.05) is 30.3 Å². The molecule has 4 nitrogen and oxygen atoms in total. The lowest BCUT2D eigenvalue weighted by atomic mass is 9.82. The third-order valence-electron chi connectivity index (χ3n) is 6.10. The number of hydrogen-bond acceptors (Lipinski definition) is 3. The lowest BCUT2D eigenvalue weighted by Crippen LogP contribution is -2.37. The molecule has 1 spiro atoms. The first kappa shape index (κ1) is 17.5. The summed E-state index contributed by atoms with van der Waals surface area (Å²) in [5.41, 5.74) is 2.79. The van der Waals surface area contributed by atoms with Crippen molar-refractivity contribution < 1.29 is 14.3 Å². The van der Waals surface area contributed by atoms with Gasteiger partial charge in [0, 0.05) is 12.0 Å². The van der Waals surface area contributed by atoms with Crippen molar-refractivity contribution in [2.45, 2.75) is 69.4 Å². The van der Waals surface area contributed by atoms with Gasteiger partial charge in [0.15, 0.2) is 5.78 Å². The van der Waals surface area contributed by atoms with Gasteiger partial charge in [-0.25, -0.2) is 0 Å². The fourth-order valence-corrected chi connectivity index (χ4v) is 4.79. The van der Waals surface area contributed by atoms with Crippen molar-refractivity contribution in [3.63, 3.8) is 0 Å². The van der Waals surface area contributed by atoms with Crippen LogP contribution in [0.15, 0.2) is 35.9 Å². The molecule has 1 aromatic rings. The number of hydrogen-bond donors (Lipinski definition) is 1. The van der Waals surface area contributed by atoms with Gasteiger partial charge in [0.25, 0.3) is 0 Å². The predicted octanol–water partition coefficient (Wildman–Crippen LogP) is 3.80. The summed E-state index contributed by atoms with van der Waals surface area (Å²) in [6, 6.07) is 10.0. The third kappa shape index (κ3) is 3.61. The number of ketones is 1. The summed E-state index contributed by atoms with van der Waals surface area (Å²) in [6.45, 7) is 0.601. The number of carbonyl (C=O) groups excluding carboxylic acids is 2. The van der Waals surface area contributed by atoms with E-state index >= 15 is 0 Å². The fraction of sp³-hybridized carbons (Fsp3) is 0.545. The monoisotopic (exact) mass is 353 g/mol. The zero-order chi connectivity index (χ0) is 18.0. The Morgan fingerprint density at radius 1 is 1.12 bits per heavy atom. The van der Waals surface area contributed by atoms with Gasteiger partial charge in [0.05, 0.1) is 24.7 Å². The number of amides is 1. The molecule has 0 aromatic heterocycles. The van der Waals surface area contributed by atoms with Gasteiger partial charge < -0.3 is 10.1 Å². The van der Waals surface area contributed by atoms with Crippen molar-refractivity contribution in [3.05, 3.63) is 41.5 Å². The summed E-state index contributed by atoms with van der Waals surface area (Å²) in [6.07, 6.45) is 8.32. The molecule has 26 heavy (non-hydrogen) atoms. The normalized spacial score (nSPS) is 25.1. The fourth-order valence-electron chi connectivity index (χ4n) is 4.79. The Labute approximate surface area is 155 Å². The van der Waals surface area contributed by atoms with Crippen molar-refractivity contribution in [2.75, 3.05) is 6.61 Å². The largest absolute Gasteiger partial charge is 0.373 e. The van der Waals surface area contributed by atoms with Crippen LogP contribution in [-0.4, -0.2) is 29.9 Å². The van der Waals surface area contributed by atoms with E-state index in [1.54, 1.807) is 0 Å². The van der Waals surface area contributed by atoms with E-state index in [0.29, 0.717) is 18.6 Å². The highest BCUT2D eigenvalue weighted by atomic mass is 16.5. The topological polar surface area (TPSA) is 55.4 Å². The number of benzene rings is 1. The van der Waals surface area contributed by atoms with Crippen LogP contribution in [0.1, 0.15) is 63.4 Å². The number of Topliss-reactive ketones (excluding diaryl/α,β-unsaturated/α-hetero) is 1. The van der Waals surface area contributed by atoms with E-state index in [1.165, 1.54) is 19.3 Å². The summed E-state index contributed by atoms with van der Waals surface area (Å²) in [7, 11) is 0. The second kappa shape index (κ2) is 7.36. The van der Waals surface area contributed by atoms with Gasteiger partial charge >= 0.3 is 0 Å². The Bertz CT molecular complexity index is 716. The van der Waals surface area contributed by atoms with Gasteiger partial charge in [-0.1, -0.05) is 49.6 Å². The number of rotatable bonds is 4. The van der Waals surface area contributed by atoms with Crippen LogP contribution >= 0.6 is 0 Å².